The van der Waals surface area contributed by atoms with Gasteiger partial charge in [-0.25, -0.2) is 5.10 Å². The molecule has 66 valence electrons. The van der Waals surface area contributed by atoms with E-state index in [2.05, 4.69) is 28.9 Å². The first-order valence-corrected chi connectivity index (χ1v) is 4.08. The molecule has 1 aromatic heterocycles. The molecule has 0 amide bonds. The van der Waals surface area contributed by atoms with Crippen molar-refractivity contribution >= 4 is 5.82 Å². The van der Waals surface area contributed by atoms with E-state index in [1.165, 1.54) is 6.07 Å². The number of nitrogens with one attached hydrogen (secondary N) is 1. The van der Waals surface area contributed by atoms with Gasteiger partial charge in [-0.1, -0.05) is 0 Å². The molecule has 12 heavy (non-hydrogen) atoms. The van der Waals surface area contributed by atoms with Gasteiger partial charge in [-0.15, -0.1) is 0 Å². The van der Waals surface area contributed by atoms with Crippen molar-refractivity contribution < 1.29 is 0 Å². The van der Waals surface area contributed by atoms with Gasteiger partial charge in [-0.2, -0.15) is 5.10 Å². The lowest BCUT2D eigenvalue weighted by Crippen LogP contribution is -2.24. The normalized spacial score (nSPS) is 9.83. The summed E-state index contributed by atoms with van der Waals surface area (Å²) in [6.07, 6.45) is 0. The first-order valence-electron chi connectivity index (χ1n) is 4.08. The SMILES string of the molecule is CCN(CC)c1ccc(=O)[nH]n1. The average Bonchev–Trinajstić information content (AvgIpc) is 2.10. The number of rotatable bonds is 3. The highest BCUT2D eigenvalue weighted by molar-refractivity contribution is 5.35. The average molecular weight is 167 g/mol. The number of anilines is 1. The van der Waals surface area contributed by atoms with Gasteiger partial charge in [0, 0.05) is 19.2 Å². The van der Waals surface area contributed by atoms with E-state index in [9.17, 15) is 4.79 Å². The zero-order valence-electron chi connectivity index (χ0n) is 7.37. The fourth-order valence-corrected chi connectivity index (χ4v) is 1.06. The van der Waals surface area contributed by atoms with Crippen LogP contribution in [-0.4, -0.2) is 23.3 Å². The Balaban J connectivity index is 2.87. The van der Waals surface area contributed by atoms with Crippen LogP contribution < -0.4 is 10.5 Å². The monoisotopic (exact) mass is 167 g/mol. The summed E-state index contributed by atoms with van der Waals surface area (Å²) in [5.41, 5.74) is -0.161. The summed E-state index contributed by atoms with van der Waals surface area (Å²) in [5.74, 6) is 0.819. The second kappa shape index (κ2) is 3.90. The van der Waals surface area contributed by atoms with E-state index in [-0.39, 0.29) is 5.56 Å². The van der Waals surface area contributed by atoms with Gasteiger partial charge in [-0.3, -0.25) is 4.79 Å². The minimum absolute atomic E-state index is 0.161. The van der Waals surface area contributed by atoms with E-state index < -0.39 is 0 Å². The van der Waals surface area contributed by atoms with Crippen LogP contribution in [0.2, 0.25) is 0 Å². The van der Waals surface area contributed by atoms with Crippen LogP contribution in [0.15, 0.2) is 16.9 Å². The first kappa shape index (κ1) is 8.77. The Kier molecular flexibility index (Phi) is 2.85. The van der Waals surface area contributed by atoms with E-state index in [1.54, 1.807) is 6.07 Å². The predicted octanol–water partition coefficient (Wildman–Crippen LogP) is 0.616. The van der Waals surface area contributed by atoms with E-state index in [0.29, 0.717) is 0 Å². The molecule has 0 radical (unpaired) electrons. The third kappa shape index (κ3) is 1.84. The quantitative estimate of drug-likeness (QED) is 0.717. The van der Waals surface area contributed by atoms with Crippen molar-refractivity contribution in [2.75, 3.05) is 18.0 Å². The number of aromatic nitrogens is 2. The van der Waals surface area contributed by atoms with E-state index in [1.807, 2.05) is 0 Å². The molecule has 0 unspecified atom stereocenters. The lowest BCUT2D eigenvalue weighted by Gasteiger charge is -2.18. The summed E-state index contributed by atoms with van der Waals surface area (Å²) in [4.78, 5) is 12.7. The molecule has 1 aromatic rings. The lowest BCUT2D eigenvalue weighted by molar-refractivity contribution is 0.819. The van der Waals surface area contributed by atoms with Crippen molar-refractivity contribution in [1.82, 2.24) is 10.2 Å². The second-order valence-electron chi connectivity index (χ2n) is 2.45. The van der Waals surface area contributed by atoms with E-state index >= 15 is 0 Å². The molecule has 0 saturated carbocycles. The van der Waals surface area contributed by atoms with Gasteiger partial charge >= 0.3 is 0 Å². The Morgan fingerprint density at radius 3 is 2.50 bits per heavy atom. The van der Waals surface area contributed by atoms with Gasteiger partial charge in [0.1, 0.15) is 5.82 Å². The zero-order chi connectivity index (χ0) is 8.97. The highest BCUT2D eigenvalue weighted by Crippen LogP contribution is 2.04. The molecule has 0 aromatic carbocycles. The lowest BCUT2D eigenvalue weighted by atomic mass is 10.4. The molecule has 0 aliphatic carbocycles. The molecule has 1 heterocycles. The number of aromatic amines is 1. The smallest absolute Gasteiger partial charge is 0.264 e. The predicted molar refractivity (Wildman–Crippen MR) is 48.4 cm³/mol. The van der Waals surface area contributed by atoms with Crippen molar-refractivity contribution in [3.63, 3.8) is 0 Å². The van der Waals surface area contributed by atoms with Crippen LogP contribution in [0.3, 0.4) is 0 Å². The van der Waals surface area contributed by atoms with Crippen LogP contribution in [0.4, 0.5) is 5.82 Å². The van der Waals surface area contributed by atoms with Crippen molar-refractivity contribution in [2.24, 2.45) is 0 Å². The van der Waals surface area contributed by atoms with Crippen LogP contribution >= 0.6 is 0 Å². The fourth-order valence-electron chi connectivity index (χ4n) is 1.06. The van der Waals surface area contributed by atoms with Gasteiger partial charge in [-0.05, 0) is 19.9 Å². The molecule has 0 aliphatic rings. The number of hydrogen-bond acceptors (Lipinski definition) is 3. The van der Waals surface area contributed by atoms with Gasteiger partial charge < -0.3 is 4.90 Å². The van der Waals surface area contributed by atoms with Crippen LogP contribution in [0, 0.1) is 0 Å². The largest absolute Gasteiger partial charge is 0.356 e. The standard InChI is InChI=1S/C8H13N3O/c1-3-11(4-2)7-5-6-8(12)10-9-7/h5-6H,3-4H2,1-2H3,(H,10,12). The van der Waals surface area contributed by atoms with Crippen molar-refractivity contribution in [3.05, 3.63) is 22.5 Å². The van der Waals surface area contributed by atoms with Crippen LogP contribution in [0.25, 0.3) is 0 Å². The number of H-pyrrole nitrogens is 1. The fraction of sp³-hybridized carbons (Fsp3) is 0.500. The van der Waals surface area contributed by atoms with Gasteiger partial charge in [0.15, 0.2) is 0 Å². The summed E-state index contributed by atoms with van der Waals surface area (Å²) in [7, 11) is 0. The molecule has 4 heteroatoms. The van der Waals surface area contributed by atoms with Gasteiger partial charge in [0.05, 0.1) is 0 Å². The highest BCUT2D eigenvalue weighted by Gasteiger charge is 2.01. The highest BCUT2D eigenvalue weighted by atomic mass is 16.1. The Labute approximate surface area is 71.2 Å². The Bertz CT molecular complexity index is 270. The molecule has 1 N–H and O–H groups in total. The third-order valence-corrected chi connectivity index (χ3v) is 1.75. The first-order chi connectivity index (χ1) is 5.77. The van der Waals surface area contributed by atoms with Crippen molar-refractivity contribution in [3.8, 4) is 0 Å². The topological polar surface area (TPSA) is 49.0 Å². The van der Waals surface area contributed by atoms with Crippen LogP contribution in [0.5, 0.6) is 0 Å². The molecule has 0 spiro atoms. The second-order valence-corrected chi connectivity index (χ2v) is 2.45. The summed E-state index contributed by atoms with van der Waals surface area (Å²) in [5, 5.41) is 6.31. The molecule has 0 atom stereocenters. The van der Waals surface area contributed by atoms with Crippen molar-refractivity contribution in [1.29, 1.82) is 0 Å². The Morgan fingerprint density at radius 1 is 1.42 bits per heavy atom. The van der Waals surface area contributed by atoms with Crippen molar-refractivity contribution in [2.45, 2.75) is 13.8 Å². The van der Waals surface area contributed by atoms with E-state index in [4.69, 9.17) is 0 Å². The van der Waals surface area contributed by atoms with Crippen LogP contribution in [-0.2, 0) is 0 Å². The Hall–Kier alpha value is -1.32. The number of hydrogen-bond donors (Lipinski definition) is 1. The molecular weight excluding hydrogens is 154 g/mol. The maximum Gasteiger partial charge on any atom is 0.264 e. The molecular formula is C8H13N3O. The molecule has 4 nitrogen and oxygen atoms in total. The van der Waals surface area contributed by atoms with Crippen LogP contribution in [0.1, 0.15) is 13.8 Å². The summed E-state index contributed by atoms with van der Waals surface area (Å²) >= 11 is 0. The van der Waals surface area contributed by atoms with Gasteiger partial charge in [0.25, 0.3) is 5.56 Å². The molecule has 0 fully saturated rings. The number of nitrogens with zero attached hydrogens (tertiary/aromatic N) is 2. The summed E-state index contributed by atoms with van der Waals surface area (Å²) < 4.78 is 0. The molecule has 0 aliphatic heterocycles. The Morgan fingerprint density at radius 2 is 2.08 bits per heavy atom. The summed E-state index contributed by atoms with van der Waals surface area (Å²) in [6.45, 7) is 5.90. The summed E-state index contributed by atoms with van der Waals surface area (Å²) in [6, 6.07) is 3.21. The van der Waals surface area contributed by atoms with E-state index in [0.717, 1.165) is 18.9 Å². The minimum atomic E-state index is -0.161. The molecule has 0 bridgehead atoms. The third-order valence-electron chi connectivity index (χ3n) is 1.75. The molecule has 1 rings (SSSR count). The minimum Gasteiger partial charge on any atom is -0.356 e. The molecule has 0 saturated heterocycles. The maximum absolute atomic E-state index is 10.7. The maximum atomic E-state index is 10.7. The zero-order valence-corrected chi connectivity index (χ0v) is 7.37. The van der Waals surface area contributed by atoms with Gasteiger partial charge in [0.2, 0.25) is 0 Å².